The second-order valence-electron chi connectivity index (χ2n) is 7.98. The Balaban J connectivity index is 1.96. The molecule has 0 unspecified atom stereocenters. The minimum absolute atomic E-state index is 0.0256. The molecule has 0 aromatic heterocycles. The van der Waals surface area contributed by atoms with Crippen LogP contribution in [0.4, 0.5) is 4.79 Å². The SMILES string of the molecule is CC(C)(C)OC(=O)N[C@H]1CN(Cc2ccccc2)C[C@H]1CCCC(=O)O. The Hall–Kier alpha value is -2.08. The summed E-state index contributed by atoms with van der Waals surface area (Å²) < 4.78 is 5.38. The van der Waals surface area contributed by atoms with Crippen molar-refractivity contribution >= 4 is 12.1 Å². The molecular weight excluding hydrogens is 332 g/mol. The van der Waals surface area contributed by atoms with Crippen molar-refractivity contribution in [1.82, 2.24) is 10.2 Å². The first-order chi connectivity index (χ1) is 12.2. The Kier molecular flexibility index (Phi) is 7.03. The van der Waals surface area contributed by atoms with E-state index in [0.29, 0.717) is 6.42 Å². The predicted molar refractivity (Wildman–Crippen MR) is 99.9 cm³/mol. The zero-order valence-corrected chi connectivity index (χ0v) is 15.9. The van der Waals surface area contributed by atoms with Crippen LogP contribution in [-0.4, -0.2) is 46.8 Å². The minimum Gasteiger partial charge on any atom is -0.481 e. The number of nitrogens with one attached hydrogen (secondary N) is 1. The van der Waals surface area contributed by atoms with E-state index >= 15 is 0 Å². The van der Waals surface area contributed by atoms with Gasteiger partial charge in [0.15, 0.2) is 0 Å². The first-order valence-electron chi connectivity index (χ1n) is 9.20. The molecule has 2 rings (SSSR count). The number of carbonyl (C=O) groups is 2. The van der Waals surface area contributed by atoms with Crippen LogP contribution < -0.4 is 5.32 Å². The van der Waals surface area contributed by atoms with Crippen molar-refractivity contribution < 1.29 is 19.4 Å². The molecule has 1 saturated heterocycles. The van der Waals surface area contributed by atoms with Gasteiger partial charge < -0.3 is 15.2 Å². The molecular formula is C20H30N2O4. The average Bonchev–Trinajstić information content (AvgIpc) is 2.87. The van der Waals surface area contributed by atoms with E-state index < -0.39 is 17.7 Å². The molecule has 1 amide bonds. The normalized spacial score (nSPS) is 20.7. The summed E-state index contributed by atoms with van der Waals surface area (Å²) >= 11 is 0. The van der Waals surface area contributed by atoms with Gasteiger partial charge in [0, 0.05) is 32.1 Å². The van der Waals surface area contributed by atoms with Crippen molar-refractivity contribution in [2.45, 2.75) is 58.2 Å². The molecule has 0 aliphatic carbocycles. The minimum atomic E-state index is -0.777. The van der Waals surface area contributed by atoms with Crippen molar-refractivity contribution in [2.75, 3.05) is 13.1 Å². The molecule has 2 N–H and O–H groups in total. The Bertz CT molecular complexity index is 598. The highest BCUT2D eigenvalue weighted by molar-refractivity contribution is 5.68. The van der Waals surface area contributed by atoms with Gasteiger partial charge in [-0.15, -0.1) is 0 Å². The van der Waals surface area contributed by atoms with Crippen LogP contribution in [0.3, 0.4) is 0 Å². The molecule has 1 aliphatic heterocycles. The van der Waals surface area contributed by atoms with E-state index in [0.717, 1.165) is 26.1 Å². The number of likely N-dealkylation sites (tertiary alicyclic amines) is 1. The predicted octanol–water partition coefficient (Wildman–Crippen LogP) is 3.27. The van der Waals surface area contributed by atoms with E-state index in [-0.39, 0.29) is 18.4 Å². The molecule has 2 atom stereocenters. The number of carbonyl (C=O) groups excluding carboxylic acids is 1. The Labute approximate surface area is 155 Å². The fourth-order valence-electron chi connectivity index (χ4n) is 3.36. The number of carboxylic acid groups (broad SMARTS) is 1. The number of nitrogens with zero attached hydrogens (tertiary/aromatic N) is 1. The van der Waals surface area contributed by atoms with Crippen LogP contribution in [0.2, 0.25) is 0 Å². The molecule has 0 spiro atoms. The van der Waals surface area contributed by atoms with Crippen molar-refractivity contribution in [3.05, 3.63) is 35.9 Å². The molecule has 6 heteroatoms. The fraction of sp³-hybridized carbons (Fsp3) is 0.600. The van der Waals surface area contributed by atoms with Crippen LogP contribution in [0, 0.1) is 5.92 Å². The van der Waals surface area contributed by atoms with Crippen molar-refractivity contribution in [3.63, 3.8) is 0 Å². The Morgan fingerprint density at radius 3 is 2.54 bits per heavy atom. The van der Waals surface area contributed by atoms with Crippen LogP contribution in [0.1, 0.15) is 45.6 Å². The second kappa shape index (κ2) is 9.03. The lowest BCUT2D eigenvalue weighted by molar-refractivity contribution is -0.137. The number of ether oxygens (including phenoxy) is 1. The van der Waals surface area contributed by atoms with Crippen molar-refractivity contribution in [2.24, 2.45) is 5.92 Å². The van der Waals surface area contributed by atoms with E-state index in [1.54, 1.807) is 0 Å². The third kappa shape index (κ3) is 7.04. The highest BCUT2D eigenvalue weighted by Crippen LogP contribution is 2.24. The van der Waals surface area contributed by atoms with Gasteiger partial charge in [0.05, 0.1) is 0 Å². The Morgan fingerprint density at radius 1 is 1.23 bits per heavy atom. The molecule has 1 aromatic rings. The number of aliphatic carboxylic acids is 1. The maximum atomic E-state index is 12.2. The largest absolute Gasteiger partial charge is 0.481 e. The zero-order chi connectivity index (χ0) is 19.2. The molecule has 1 heterocycles. The van der Waals surface area contributed by atoms with E-state index in [1.807, 2.05) is 39.0 Å². The smallest absolute Gasteiger partial charge is 0.407 e. The molecule has 0 saturated carbocycles. The Morgan fingerprint density at radius 2 is 1.92 bits per heavy atom. The number of rotatable bonds is 7. The number of hydrogen-bond acceptors (Lipinski definition) is 4. The first kappa shape index (κ1) is 20.2. The number of hydrogen-bond donors (Lipinski definition) is 2. The van der Waals surface area contributed by atoms with Crippen LogP contribution in [0.25, 0.3) is 0 Å². The second-order valence-corrected chi connectivity index (χ2v) is 7.98. The van der Waals surface area contributed by atoms with Crippen molar-refractivity contribution in [1.29, 1.82) is 0 Å². The number of benzene rings is 1. The van der Waals surface area contributed by atoms with Gasteiger partial charge in [0.2, 0.25) is 0 Å². The standard InChI is InChI=1S/C20H30N2O4/c1-20(2,3)26-19(25)21-17-14-22(12-15-8-5-4-6-9-15)13-16(17)10-7-11-18(23)24/h4-6,8-9,16-17H,7,10-14H2,1-3H3,(H,21,25)(H,23,24)/t16-,17+/m1/s1. The fourth-order valence-corrected chi connectivity index (χ4v) is 3.36. The highest BCUT2D eigenvalue weighted by Gasteiger charge is 2.34. The summed E-state index contributed by atoms with van der Waals surface area (Å²) in [5, 5.41) is 11.9. The topological polar surface area (TPSA) is 78.9 Å². The monoisotopic (exact) mass is 362 g/mol. The molecule has 0 radical (unpaired) electrons. The van der Waals surface area contributed by atoms with Gasteiger partial charge in [-0.05, 0) is 45.1 Å². The summed E-state index contributed by atoms with van der Waals surface area (Å²) in [6.07, 6.45) is 1.14. The molecule has 144 valence electrons. The van der Waals surface area contributed by atoms with Gasteiger partial charge in [-0.1, -0.05) is 30.3 Å². The lowest BCUT2D eigenvalue weighted by Gasteiger charge is -2.24. The average molecular weight is 362 g/mol. The maximum absolute atomic E-state index is 12.2. The summed E-state index contributed by atoms with van der Waals surface area (Å²) in [4.78, 5) is 25.3. The molecule has 26 heavy (non-hydrogen) atoms. The number of amides is 1. The number of alkyl carbamates (subject to hydrolysis) is 1. The summed E-state index contributed by atoms with van der Waals surface area (Å²) in [6, 6.07) is 10.2. The van der Waals surface area contributed by atoms with Crippen LogP contribution in [0.15, 0.2) is 30.3 Å². The molecule has 1 aliphatic rings. The molecule has 0 bridgehead atoms. The van der Waals surface area contributed by atoms with Gasteiger partial charge in [-0.25, -0.2) is 4.79 Å². The highest BCUT2D eigenvalue weighted by atomic mass is 16.6. The lowest BCUT2D eigenvalue weighted by atomic mass is 9.97. The summed E-state index contributed by atoms with van der Waals surface area (Å²) in [5.74, 6) is -0.550. The van der Waals surface area contributed by atoms with Gasteiger partial charge in [0.1, 0.15) is 5.60 Å². The summed E-state index contributed by atoms with van der Waals surface area (Å²) in [7, 11) is 0. The quantitative estimate of drug-likeness (QED) is 0.778. The van der Waals surface area contributed by atoms with E-state index in [4.69, 9.17) is 9.84 Å². The molecule has 1 aromatic carbocycles. The third-order valence-electron chi connectivity index (χ3n) is 4.43. The maximum Gasteiger partial charge on any atom is 0.407 e. The van der Waals surface area contributed by atoms with Gasteiger partial charge in [0.25, 0.3) is 0 Å². The summed E-state index contributed by atoms with van der Waals surface area (Å²) in [6.45, 7) is 7.93. The van der Waals surface area contributed by atoms with E-state index in [2.05, 4.69) is 22.3 Å². The van der Waals surface area contributed by atoms with Crippen LogP contribution in [-0.2, 0) is 16.1 Å². The van der Waals surface area contributed by atoms with E-state index in [9.17, 15) is 9.59 Å². The van der Waals surface area contributed by atoms with Gasteiger partial charge in [-0.3, -0.25) is 9.69 Å². The van der Waals surface area contributed by atoms with Crippen LogP contribution in [0.5, 0.6) is 0 Å². The zero-order valence-electron chi connectivity index (χ0n) is 15.9. The van der Waals surface area contributed by atoms with E-state index in [1.165, 1.54) is 5.56 Å². The lowest BCUT2D eigenvalue weighted by Crippen LogP contribution is -2.43. The summed E-state index contributed by atoms with van der Waals surface area (Å²) in [5.41, 5.74) is 0.695. The van der Waals surface area contributed by atoms with Crippen LogP contribution >= 0.6 is 0 Å². The van der Waals surface area contributed by atoms with Crippen molar-refractivity contribution in [3.8, 4) is 0 Å². The third-order valence-corrected chi connectivity index (χ3v) is 4.43. The first-order valence-corrected chi connectivity index (χ1v) is 9.20. The molecule has 6 nitrogen and oxygen atoms in total. The number of carboxylic acids is 1. The van der Waals surface area contributed by atoms with Gasteiger partial charge in [-0.2, -0.15) is 0 Å². The molecule has 1 fully saturated rings. The van der Waals surface area contributed by atoms with Gasteiger partial charge >= 0.3 is 12.1 Å².